The molecule has 1 aliphatic rings. The average molecular weight is 356 g/mol. The molecule has 0 aliphatic carbocycles. The lowest BCUT2D eigenvalue weighted by Gasteiger charge is -2.34. The molecule has 0 unspecified atom stereocenters. The van der Waals surface area contributed by atoms with Gasteiger partial charge in [-0.15, -0.1) is 0 Å². The number of ether oxygens (including phenoxy) is 1. The summed E-state index contributed by atoms with van der Waals surface area (Å²) >= 11 is 0. The lowest BCUT2D eigenvalue weighted by Crippen LogP contribution is -2.43. The maximum absolute atomic E-state index is 11.9. The molecule has 0 bridgehead atoms. The van der Waals surface area contributed by atoms with Crippen molar-refractivity contribution in [2.45, 2.75) is 70.2 Å². The van der Waals surface area contributed by atoms with Crippen LogP contribution in [0.15, 0.2) is 11.1 Å². The Kier molecular flexibility index (Phi) is 6.13. The summed E-state index contributed by atoms with van der Waals surface area (Å²) in [5.74, 6) is -0.0757. The van der Waals surface area contributed by atoms with E-state index in [1.54, 1.807) is 0 Å². The van der Waals surface area contributed by atoms with Gasteiger partial charge in [0, 0.05) is 6.42 Å². The fraction of sp³-hybridized carbons (Fsp3) is 0.800. The topological polar surface area (TPSA) is 112 Å². The molecule has 0 aromatic carbocycles. The first-order chi connectivity index (χ1) is 11.3. The summed E-state index contributed by atoms with van der Waals surface area (Å²) in [7, 11) is -1.84. The summed E-state index contributed by atoms with van der Waals surface area (Å²) in [6, 6.07) is 2.05. The summed E-state index contributed by atoms with van der Waals surface area (Å²) in [5, 5.41) is 10.3. The monoisotopic (exact) mass is 356 g/mol. The summed E-state index contributed by atoms with van der Waals surface area (Å²) in [6.07, 6.45) is -0.137. The van der Waals surface area contributed by atoms with Crippen LogP contribution in [0.5, 0.6) is 0 Å². The van der Waals surface area contributed by atoms with Gasteiger partial charge in [0.05, 0.1) is 12.7 Å². The number of rotatable bonds is 7. The maximum atomic E-state index is 11.9. The van der Waals surface area contributed by atoms with Crippen molar-refractivity contribution >= 4 is 14.3 Å². The van der Waals surface area contributed by atoms with Gasteiger partial charge in [0.1, 0.15) is 18.7 Å². The zero-order valence-corrected chi connectivity index (χ0v) is 15.8. The van der Waals surface area contributed by atoms with Gasteiger partial charge in [0.15, 0.2) is 8.32 Å². The van der Waals surface area contributed by atoms with E-state index in [0.29, 0.717) is 18.6 Å². The Morgan fingerprint density at radius 1 is 1.50 bits per heavy atom. The standard InChI is InChI=1S/C15H28N4O4Si/c1-5-24(6-2,10(3)4)22-8-12-11(20)7-13(23-12)19-9-17-14(16)18-15(19)21/h9-13,20H,5-8H2,1-4H3,(H2,16,18,21)/t11-,12+,13+/m0/s1. The predicted molar refractivity (Wildman–Crippen MR) is 93.0 cm³/mol. The highest BCUT2D eigenvalue weighted by Crippen LogP contribution is 2.33. The van der Waals surface area contributed by atoms with E-state index in [0.717, 1.165) is 12.1 Å². The molecule has 1 aliphatic heterocycles. The van der Waals surface area contributed by atoms with Crippen molar-refractivity contribution in [1.29, 1.82) is 0 Å². The first-order valence-corrected chi connectivity index (χ1v) is 10.9. The number of anilines is 1. The normalized spacial score (nSPS) is 24.7. The number of hydrogen-bond donors (Lipinski definition) is 2. The number of aliphatic hydroxyl groups excluding tert-OH is 1. The first kappa shape index (κ1) is 19.0. The Hall–Kier alpha value is -1.29. The molecule has 0 radical (unpaired) electrons. The number of aromatic nitrogens is 3. The maximum Gasteiger partial charge on any atom is 0.354 e. The minimum atomic E-state index is -1.84. The molecule has 0 amide bonds. The minimum Gasteiger partial charge on any atom is -0.414 e. The van der Waals surface area contributed by atoms with Gasteiger partial charge in [-0.3, -0.25) is 4.57 Å². The van der Waals surface area contributed by atoms with Crippen molar-refractivity contribution in [2.75, 3.05) is 12.3 Å². The Morgan fingerprint density at radius 2 is 2.17 bits per heavy atom. The van der Waals surface area contributed by atoms with Crippen molar-refractivity contribution in [1.82, 2.24) is 14.5 Å². The molecule has 1 saturated heterocycles. The second-order valence-corrected chi connectivity index (χ2v) is 11.6. The van der Waals surface area contributed by atoms with Crippen LogP contribution < -0.4 is 11.4 Å². The van der Waals surface area contributed by atoms with E-state index in [4.69, 9.17) is 14.9 Å². The minimum absolute atomic E-state index is 0.0757. The second kappa shape index (κ2) is 7.73. The zero-order valence-electron chi connectivity index (χ0n) is 14.8. The van der Waals surface area contributed by atoms with Crippen LogP contribution in [0.3, 0.4) is 0 Å². The summed E-state index contributed by atoms with van der Waals surface area (Å²) in [4.78, 5) is 19.3. The average Bonchev–Trinajstić information content (AvgIpc) is 2.89. The molecule has 1 aromatic rings. The van der Waals surface area contributed by atoms with Gasteiger partial charge in [-0.05, 0) is 17.6 Å². The smallest absolute Gasteiger partial charge is 0.354 e. The molecule has 3 atom stereocenters. The fourth-order valence-electron chi connectivity index (χ4n) is 3.27. The molecule has 1 fully saturated rings. The highest BCUT2D eigenvalue weighted by atomic mass is 28.4. The van der Waals surface area contributed by atoms with Crippen LogP contribution in [0.4, 0.5) is 5.95 Å². The molecule has 24 heavy (non-hydrogen) atoms. The third kappa shape index (κ3) is 3.85. The van der Waals surface area contributed by atoms with E-state index in [9.17, 15) is 9.90 Å². The molecular weight excluding hydrogens is 328 g/mol. The summed E-state index contributed by atoms with van der Waals surface area (Å²) in [6.45, 7) is 9.05. The van der Waals surface area contributed by atoms with E-state index in [1.165, 1.54) is 10.9 Å². The molecular formula is C15H28N4O4Si. The van der Waals surface area contributed by atoms with Crippen LogP contribution in [0, 0.1) is 0 Å². The van der Waals surface area contributed by atoms with Crippen LogP contribution in [-0.2, 0) is 9.16 Å². The second-order valence-electron chi connectivity index (χ2n) is 6.57. The lowest BCUT2D eigenvalue weighted by molar-refractivity contribution is -0.0435. The van der Waals surface area contributed by atoms with E-state index >= 15 is 0 Å². The number of aliphatic hydroxyl groups is 1. The van der Waals surface area contributed by atoms with Crippen molar-refractivity contribution in [2.24, 2.45) is 0 Å². The van der Waals surface area contributed by atoms with E-state index in [2.05, 4.69) is 37.7 Å². The van der Waals surface area contributed by atoms with Crippen LogP contribution in [0.1, 0.15) is 40.3 Å². The quantitative estimate of drug-likeness (QED) is 0.708. The SMILES string of the molecule is CC[Si](CC)(OC[C@H]1O[C@@H](n2cnc(N)nc2=O)C[C@@H]1O)C(C)C. The lowest BCUT2D eigenvalue weighted by atomic mass is 10.2. The molecule has 0 spiro atoms. The number of nitrogens with two attached hydrogens (primary N) is 1. The highest BCUT2D eigenvalue weighted by molar-refractivity contribution is 6.74. The van der Waals surface area contributed by atoms with Crippen LogP contribution in [-0.4, -0.2) is 46.8 Å². The number of nitrogens with zero attached hydrogens (tertiary/aromatic N) is 3. The summed E-state index contributed by atoms with van der Waals surface area (Å²) in [5.41, 5.74) is 5.36. The molecule has 0 saturated carbocycles. The third-order valence-corrected chi connectivity index (χ3v) is 10.3. The Morgan fingerprint density at radius 3 is 2.71 bits per heavy atom. The van der Waals surface area contributed by atoms with Crippen molar-refractivity contribution < 1.29 is 14.3 Å². The number of hydrogen-bond acceptors (Lipinski definition) is 7. The van der Waals surface area contributed by atoms with Gasteiger partial charge in [0.2, 0.25) is 5.95 Å². The first-order valence-electron chi connectivity index (χ1n) is 8.51. The fourth-order valence-corrected chi connectivity index (χ4v) is 6.64. The molecule has 1 aromatic heterocycles. The molecule has 8 nitrogen and oxygen atoms in total. The Bertz CT molecular complexity index is 605. The Balaban J connectivity index is 2.05. The van der Waals surface area contributed by atoms with Gasteiger partial charge in [-0.1, -0.05) is 27.7 Å². The van der Waals surface area contributed by atoms with Crippen LogP contribution in [0.2, 0.25) is 17.6 Å². The predicted octanol–water partition coefficient (Wildman–Crippen LogP) is 1.28. The van der Waals surface area contributed by atoms with Crippen molar-refractivity contribution in [3.8, 4) is 0 Å². The van der Waals surface area contributed by atoms with Gasteiger partial charge in [-0.2, -0.15) is 4.98 Å². The van der Waals surface area contributed by atoms with Gasteiger partial charge >= 0.3 is 5.69 Å². The third-order valence-electron chi connectivity index (χ3n) is 5.04. The molecule has 3 N–H and O–H groups in total. The van der Waals surface area contributed by atoms with E-state index < -0.39 is 32.4 Å². The van der Waals surface area contributed by atoms with Gasteiger partial charge in [-0.25, -0.2) is 9.78 Å². The van der Waals surface area contributed by atoms with Crippen LogP contribution in [0.25, 0.3) is 0 Å². The number of nitrogen functional groups attached to an aromatic ring is 1. The Labute approximate surface area is 143 Å². The molecule has 2 heterocycles. The van der Waals surface area contributed by atoms with Crippen LogP contribution >= 0.6 is 0 Å². The van der Waals surface area contributed by atoms with E-state index in [-0.39, 0.29) is 5.95 Å². The summed E-state index contributed by atoms with van der Waals surface area (Å²) < 4.78 is 13.4. The van der Waals surface area contributed by atoms with Crippen molar-refractivity contribution in [3.05, 3.63) is 16.8 Å². The highest BCUT2D eigenvalue weighted by Gasteiger charge is 2.40. The largest absolute Gasteiger partial charge is 0.414 e. The molecule has 136 valence electrons. The van der Waals surface area contributed by atoms with Crippen molar-refractivity contribution in [3.63, 3.8) is 0 Å². The molecule has 9 heteroatoms. The van der Waals surface area contributed by atoms with Gasteiger partial charge < -0.3 is 20.0 Å². The zero-order chi connectivity index (χ0) is 17.9. The molecule has 2 rings (SSSR count). The van der Waals surface area contributed by atoms with E-state index in [1.807, 2.05) is 0 Å². The van der Waals surface area contributed by atoms with Gasteiger partial charge in [0.25, 0.3) is 0 Å².